The molecule has 3 amide bonds. The molecule has 0 aromatic heterocycles. The molecule has 1 N–H and O–H groups in total. The predicted molar refractivity (Wildman–Crippen MR) is 157 cm³/mol. The summed E-state index contributed by atoms with van der Waals surface area (Å²) in [7, 11) is 1.74. The summed E-state index contributed by atoms with van der Waals surface area (Å²) in [6.45, 7) is 6.40. The van der Waals surface area contributed by atoms with Gasteiger partial charge in [-0.15, -0.1) is 0 Å². The lowest BCUT2D eigenvalue weighted by Gasteiger charge is -2.42. The standard InChI is InChI=1S/C33H39N3O5/c1-5-21(3)25(20-37)36-28-31(40)35(24-14-13-22-11-7-8-12-23(22)19-24)18-10-16-33(28)27(30(36)39)26-29(38)34(4)17-9-15-32(26,6-2)41-33/h7-16,19,21,25-28,37H,5-6,17-18,20H2,1-4H3/t21-,25-,26+,27-,28?,32-,33-/m0/s1. The van der Waals surface area contributed by atoms with E-state index in [1.807, 2.05) is 87.5 Å². The van der Waals surface area contributed by atoms with Crippen LogP contribution in [0, 0.1) is 17.8 Å². The fraction of sp³-hybridized carbons (Fsp3) is 0.485. The average Bonchev–Trinajstić information content (AvgIpc) is 3.28. The van der Waals surface area contributed by atoms with E-state index in [1.54, 1.807) is 21.7 Å². The number of fused-ring (bicyclic) bond motifs is 3. The van der Waals surface area contributed by atoms with E-state index in [-0.39, 0.29) is 30.2 Å². The van der Waals surface area contributed by atoms with Gasteiger partial charge in [0, 0.05) is 25.8 Å². The number of benzene rings is 2. The van der Waals surface area contributed by atoms with Crippen LogP contribution in [0.5, 0.6) is 0 Å². The number of aliphatic hydroxyl groups excluding tert-OH is 1. The number of anilines is 1. The van der Waals surface area contributed by atoms with Crippen molar-refractivity contribution in [3.8, 4) is 0 Å². The summed E-state index contributed by atoms with van der Waals surface area (Å²) in [6, 6.07) is 12.3. The van der Waals surface area contributed by atoms with Crippen LogP contribution in [0.4, 0.5) is 5.69 Å². The third-order valence-electron chi connectivity index (χ3n) is 9.97. The topological polar surface area (TPSA) is 90.4 Å². The number of rotatable bonds is 6. The average molecular weight is 558 g/mol. The maximum atomic E-state index is 14.8. The van der Waals surface area contributed by atoms with Gasteiger partial charge in [-0.2, -0.15) is 0 Å². The van der Waals surface area contributed by atoms with Crippen molar-refractivity contribution < 1.29 is 24.2 Å². The van der Waals surface area contributed by atoms with Crippen molar-refractivity contribution in [2.24, 2.45) is 17.8 Å². The van der Waals surface area contributed by atoms with E-state index < -0.39 is 35.1 Å². The van der Waals surface area contributed by atoms with E-state index in [2.05, 4.69) is 0 Å². The number of hydrogen-bond acceptors (Lipinski definition) is 5. The van der Waals surface area contributed by atoms with E-state index >= 15 is 0 Å². The molecular weight excluding hydrogens is 518 g/mol. The molecule has 4 heterocycles. The molecule has 2 aromatic rings. The Morgan fingerprint density at radius 2 is 1.68 bits per heavy atom. The quantitative estimate of drug-likeness (QED) is 0.549. The van der Waals surface area contributed by atoms with Gasteiger partial charge in [0.25, 0.3) is 5.91 Å². The third-order valence-corrected chi connectivity index (χ3v) is 9.97. The van der Waals surface area contributed by atoms with Crippen LogP contribution < -0.4 is 4.90 Å². The highest BCUT2D eigenvalue weighted by atomic mass is 16.5. The number of hydrogen-bond donors (Lipinski definition) is 1. The van der Waals surface area contributed by atoms with Gasteiger partial charge < -0.3 is 24.5 Å². The Labute approximate surface area is 241 Å². The Hall–Kier alpha value is -3.49. The van der Waals surface area contributed by atoms with Gasteiger partial charge >= 0.3 is 0 Å². The molecule has 2 aromatic carbocycles. The second kappa shape index (κ2) is 10.1. The number of amides is 3. The van der Waals surface area contributed by atoms with Crippen molar-refractivity contribution >= 4 is 34.2 Å². The minimum absolute atomic E-state index is 0.0719. The molecule has 6 rings (SSSR count). The van der Waals surface area contributed by atoms with Crippen LogP contribution in [0.15, 0.2) is 66.8 Å². The van der Waals surface area contributed by atoms with E-state index in [9.17, 15) is 19.5 Å². The lowest BCUT2D eigenvalue weighted by Crippen LogP contribution is -2.60. The van der Waals surface area contributed by atoms with Crippen LogP contribution in [0.25, 0.3) is 10.8 Å². The first-order valence-corrected chi connectivity index (χ1v) is 14.8. The number of likely N-dealkylation sites (tertiary alicyclic amines) is 1. The van der Waals surface area contributed by atoms with Crippen molar-refractivity contribution in [1.29, 1.82) is 0 Å². The summed E-state index contributed by atoms with van der Waals surface area (Å²) >= 11 is 0. The highest BCUT2D eigenvalue weighted by Crippen LogP contribution is 2.59. The Balaban J connectivity index is 1.53. The van der Waals surface area contributed by atoms with Crippen LogP contribution in [-0.4, -0.2) is 82.7 Å². The predicted octanol–water partition coefficient (Wildman–Crippen LogP) is 3.54. The Morgan fingerprint density at radius 3 is 2.39 bits per heavy atom. The molecule has 216 valence electrons. The SMILES string of the molecule is CC[C@H](C)[C@H](CO)N1C(=O)[C@@H]2[C@@H]3C(=O)N(C)CC=C[C@]3(CC)O[C@@]23C=CCN(c2ccc4ccccc4c2)C(=O)C13. The van der Waals surface area contributed by atoms with Crippen LogP contribution in [0.1, 0.15) is 33.6 Å². The van der Waals surface area contributed by atoms with Crippen molar-refractivity contribution in [2.75, 3.05) is 31.6 Å². The minimum Gasteiger partial charge on any atom is -0.394 e. The normalized spacial score (nSPS) is 32.6. The summed E-state index contributed by atoms with van der Waals surface area (Å²) < 4.78 is 7.02. The molecule has 0 radical (unpaired) electrons. The number of likely N-dealkylation sites (N-methyl/N-ethyl adjacent to an activating group) is 1. The van der Waals surface area contributed by atoms with E-state index in [0.717, 1.165) is 16.5 Å². The number of aliphatic hydroxyl groups is 1. The fourth-order valence-corrected chi connectivity index (χ4v) is 7.57. The zero-order chi connectivity index (χ0) is 29.1. The summed E-state index contributed by atoms with van der Waals surface area (Å²) in [5.41, 5.74) is -1.64. The van der Waals surface area contributed by atoms with Gasteiger partial charge in [0.2, 0.25) is 11.8 Å². The smallest absolute Gasteiger partial charge is 0.253 e. The first-order valence-electron chi connectivity index (χ1n) is 14.8. The molecule has 41 heavy (non-hydrogen) atoms. The maximum absolute atomic E-state index is 14.8. The van der Waals surface area contributed by atoms with Gasteiger partial charge in [0.15, 0.2) is 0 Å². The molecule has 7 atom stereocenters. The van der Waals surface area contributed by atoms with Gasteiger partial charge in [-0.3, -0.25) is 14.4 Å². The fourth-order valence-electron chi connectivity index (χ4n) is 7.57. The molecule has 1 spiro atoms. The molecule has 8 heteroatoms. The van der Waals surface area contributed by atoms with Gasteiger partial charge in [0.1, 0.15) is 11.6 Å². The molecule has 2 saturated heterocycles. The zero-order valence-corrected chi connectivity index (χ0v) is 24.2. The molecule has 4 aliphatic heterocycles. The summed E-state index contributed by atoms with van der Waals surface area (Å²) in [4.78, 5) is 48.3. The molecule has 0 aliphatic carbocycles. The monoisotopic (exact) mass is 557 g/mol. The minimum atomic E-state index is -1.35. The number of ether oxygens (including phenoxy) is 1. The van der Waals surface area contributed by atoms with E-state index in [0.29, 0.717) is 25.9 Å². The van der Waals surface area contributed by atoms with Crippen molar-refractivity contribution in [3.63, 3.8) is 0 Å². The van der Waals surface area contributed by atoms with Gasteiger partial charge in [-0.05, 0) is 35.2 Å². The molecule has 1 unspecified atom stereocenters. The van der Waals surface area contributed by atoms with E-state index in [1.165, 1.54) is 0 Å². The number of carbonyl (C=O) groups is 3. The second-order valence-corrected chi connectivity index (χ2v) is 12.0. The van der Waals surface area contributed by atoms with Crippen LogP contribution in [0.3, 0.4) is 0 Å². The van der Waals surface area contributed by atoms with Crippen LogP contribution >= 0.6 is 0 Å². The molecular formula is C33H39N3O5. The van der Waals surface area contributed by atoms with Gasteiger partial charge in [-0.25, -0.2) is 0 Å². The first kappa shape index (κ1) is 27.7. The summed E-state index contributed by atoms with van der Waals surface area (Å²) in [5, 5.41) is 12.7. The van der Waals surface area contributed by atoms with Crippen LogP contribution in [-0.2, 0) is 19.1 Å². The number of carbonyl (C=O) groups excluding carboxylic acids is 3. The maximum Gasteiger partial charge on any atom is 0.253 e. The van der Waals surface area contributed by atoms with Gasteiger partial charge in [-0.1, -0.05) is 81.8 Å². The summed E-state index contributed by atoms with van der Waals surface area (Å²) in [6.07, 6.45) is 8.83. The Kier molecular flexibility index (Phi) is 6.82. The van der Waals surface area contributed by atoms with Crippen LogP contribution in [0.2, 0.25) is 0 Å². The Morgan fingerprint density at radius 1 is 0.951 bits per heavy atom. The molecule has 8 nitrogen and oxygen atoms in total. The lowest BCUT2D eigenvalue weighted by atomic mass is 9.73. The largest absolute Gasteiger partial charge is 0.394 e. The Bertz CT molecular complexity index is 1450. The molecule has 2 fully saturated rings. The number of nitrogens with zero attached hydrogens (tertiary/aromatic N) is 3. The third kappa shape index (κ3) is 3.91. The second-order valence-electron chi connectivity index (χ2n) is 12.0. The molecule has 4 aliphatic rings. The molecule has 0 bridgehead atoms. The highest BCUT2D eigenvalue weighted by Gasteiger charge is 2.76. The molecule has 0 saturated carbocycles. The van der Waals surface area contributed by atoms with E-state index in [4.69, 9.17) is 4.74 Å². The first-order chi connectivity index (χ1) is 19.7. The van der Waals surface area contributed by atoms with Crippen molar-refractivity contribution in [2.45, 2.75) is 56.9 Å². The lowest BCUT2D eigenvalue weighted by molar-refractivity contribution is -0.153. The van der Waals surface area contributed by atoms with Crippen molar-refractivity contribution in [1.82, 2.24) is 9.80 Å². The highest BCUT2D eigenvalue weighted by molar-refractivity contribution is 6.07. The van der Waals surface area contributed by atoms with Gasteiger partial charge in [0.05, 0.1) is 30.1 Å². The van der Waals surface area contributed by atoms with Crippen molar-refractivity contribution in [3.05, 3.63) is 66.8 Å². The summed E-state index contributed by atoms with van der Waals surface area (Å²) in [5.74, 6) is -2.47. The zero-order valence-electron chi connectivity index (χ0n) is 24.2.